The van der Waals surface area contributed by atoms with Crippen LogP contribution in [0.25, 0.3) is 0 Å². The number of halogens is 1. The van der Waals surface area contributed by atoms with E-state index in [0.29, 0.717) is 25.1 Å². The maximum atomic E-state index is 13.3. The van der Waals surface area contributed by atoms with Gasteiger partial charge in [0.15, 0.2) is 0 Å². The molecule has 130 valence electrons. The third-order valence-electron chi connectivity index (χ3n) is 5.56. The zero-order valence-electron chi connectivity index (χ0n) is 14.3. The highest BCUT2D eigenvalue weighted by Crippen LogP contribution is 2.48. The minimum Gasteiger partial charge on any atom is -0.377 e. The predicted octanol–water partition coefficient (Wildman–Crippen LogP) is 2.37. The van der Waals surface area contributed by atoms with Crippen LogP contribution in [-0.4, -0.2) is 42.9 Å². The van der Waals surface area contributed by atoms with Crippen molar-refractivity contribution in [2.24, 2.45) is 5.41 Å². The lowest BCUT2D eigenvalue weighted by molar-refractivity contribution is 0.00763. The second-order valence-electron chi connectivity index (χ2n) is 7.63. The molecule has 0 radical (unpaired) electrons. The molecule has 1 saturated heterocycles. The molecule has 3 heterocycles. The van der Waals surface area contributed by atoms with Crippen LogP contribution < -0.4 is 10.2 Å². The first-order chi connectivity index (χ1) is 11.5. The van der Waals surface area contributed by atoms with Crippen LogP contribution in [0.4, 0.5) is 10.2 Å². The van der Waals surface area contributed by atoms with E-state index in [0.717, 1.165) is 43.0 Å². The average molecular weight is 333 g/mol. The van der Waals surface area contributed by atoms with Crippen LogP contribution in [0, 0.1) is 12.3 Å². The molecule has 1 aromatic heterocycles. The second kappa shape index (κ2) is 5.69. The Bertz CT molecular complexity index is 672. The monoisotopic (exact) mass is 333 g/mol. The number of piperidine rings is 1. The van der Waals surface area contributed by atoms with Crippen molar-refractivity contribution < 1.29 is 13.9 Å². The smallest absolute Gasteiger partial charge is 0.253 e. The Morgan fingerprint density at radius 2 is 2.17 bits per heavy atom. The van der Waals surface area contributed by atoms with Crippen molar-refractivity contribution in [1.82, 2.24) is 10.3 Å². The summed E-state index contributed by atoms with van der Waals surface area (Å²) in [5, 5.41) is 2.82. The molecule has 2 fully saturated rings. The summed E-state index contributed by atoms with van der Waals surface area (Å²) in [6.45, 7) is 6.78. The van der Waals surface area contributed by atoms with Crippen molar-refractivity contribution in [2.75, 3.05) is 24.6 Å². The largest absolute Gasteiger partial charge is 0.377 e. The fourth-order valence-corrected chi connectivity index (χ4v) is 3.59. The summed E-state index contributed by atoms with van der Waals surface area (Å²) in [7, 11) is 0. The SMILES string of the molecule is Cc1cc2c(nc1N1CCC(OC[C@@]3(C)C[C@H]3F)CC1)CNC2=O. The molecule has 24 heavy (non-hydrogen) atoms. The lowest BCUT2D eigenvalue weighted by Crippen LogP contribution is -2.38. The van der Waals surface area contributed by atoms with Crippen molar-refractivity contribution in [3.8, 4) is 0 Å². The van der Waals surface area contributed by atoms with Crippen LogP contribution in [0.5, 0.6) is 0 Å². The molecule has 2 atom stereocenters. The Labute approximate surface area is 141 Å². The summed E-state index contributed by atoms with van der Waals surface area (Å²) < 4.78 is 19.2. The van der Waals surface area contributed by atoms with Gasteiger partial charge < -0.3 is 15.0 Å². The van der Waals surface area contributed by atoms with Crippen LogP contribution in [0.2, 0.25) is 0 Å². The molecule has 0 spiro atoms. The number of aromatic nitrogens is 1. The van der Waals surface area contributed by atoms with Crippen LogP contribution >= 0.6 is 0 Å². The summed E-state index contributed by atoms with van der Waals surface area (Å²) >= 11 is 0. The Kier molecular flexibility index (Phi) is 3.75. The number of fused-ring (bicyclic) bond motifs is 1. The van der Waals surface area contributed by atoms with E-state index < -0.39 is 6.17 Å². The van der Waals surface area contributed by atoms with E-state index in [1.165, 1.54) is 0 Å². The van der Waals surface area contributed by atoms with Gasteiger partial charge in [0.2, 0.25) is 0 Å². The standard InChI is InChI=1S/C18H24FN3O2/c1-11-7-13-14(9-20-17(13)23)21-16(11)22-5-3-12(4-6-22)24-10-18(2)8-15(18)19/h7,12,15H,3-6,8-10H2,1-2H3,(H,20,23)/t15-,18-/m1/s1. The first kappa shape index (κ1) is 15.8. The summed E-state index contributed by atoms with van der Waals surface area (Å²) in [6.07, 6.45) is 2.03. The van der Waals surface area contributed by atoms with Crippen LogP contribution in [0.1, 0.15) is 47.8 Å². The first-order valence-electron chi connectivity index (χ1n) is 8.75. The van der Waals surface area contributed by atoms with Crippen molar-refractivity contribution in [1.29, 1.82) is 0 Å². The topological polar surface area (TPSA) is 54.5 Å². The van der Waals surface area contributed by atoms with E-state index in [2.05, 4.69) is 10.2 Å². The number of aryl methyl sites for hydroxylation is 1. The minimum atomic E-state index is -0.688. The number of anilines is 1. The predicted molar refractivity (Wildman–Crippen MR) is 89.0 cm³/mol. The Hall–Kier alpha value is -1.69. The van der Waals surface area contributed by atoms with Gasteiger partial charge in [0.25, 0.3) is 5.91 Å². The average Bonchev–Trinajstić information content (AvgIpc) is 3.02. The lowest BCUT2D eigenvalue weighted by Gasteiger charge is -2.34. The fourth-order valence-electron chi connectivity index (χ4n) is 3.59. The molecule has 6 heteroatoms. The van der Waals surface area contributed by atoms with Gasteiger partial charge in [0.05, 0.1) is 30.5 Å². The van der Waals surface area contributed by atoms with E-state index in [4.69, 9.17) is 9.72 Å². The molecule has 0 unspecified atom stereocenters. The highest BCUT2D eigenvalue weighted by Gasteiger charge is 2.51. The third-order valence-corrected chi connectivity index (χ3v) is 5.56. The van der Waals surface area contributed by atoms with Gasteiger partial charge in [-0.1, -0.05) is 6.92 Å². The number of hydrogen-bond donors (Lipinski definition) is 1. The molecule has 4 rings (SSSR count). The highest BCUT2D eigenvalue weighted by atomic mass is 19.1. The van der Waals surface area contributed by atoms with Crippen molar-refractivity contribution in [3.05, 3.63) is 22.9 Å². The number of hydrogen-bond acceptors (Lipinski definition) is 4. The highest BCUT2D eigenvalue weighted by molar-refractivity contribution is 5.98. The lowest BCUT2D eigenvalue weighted by atomic mass is 10.1. The third kappa shape index (κ3) is 2.77. The number of pyridine rings is 1. The Morgan fingerprint density at radius 1 is 1.46 bits per heavy atom. The zero-order chi connectivity index (χ0) is 16.9. The first-order valence-corrected chi connectivity index (χ1v) is 8.75. The number of nitrogens with one attached hydrogen (secondary N) is 1. The molecule has 1 aliphatic carbocycles. The van der Waals surface area contributed by atoms with Gasteiger partial charge in [-0.3, -0.25) is 4.79 Å². The maximum Gasteiger partial charge on any atom is 0.253 e. The van der Waals surface area contributed by atoms with Crippen LogP contribution in [-0.2, 0) is 11.3 Å². The number of alkyl halides is 1. The normalized spacial score (nSPS) is 29.5. The van der Waals surface area contributed by atoms with Gasteiger partial charge >= 0.3 is 0 Å². The summed E-state index contributed by atoms with van der Waals surface area (Å²) in [5.41, 5.74) is 2.34. The van der Waals surface area contributed by atoms with Crippen LogP contribution in [0.15, 0.2) is 6.07 Å². The van der Waals surface area contributed by atoms with E-state index in [1.54, 1.807) is 0 Å². The number of carbonyl (C=O) groups is 1. The molecule has 1 saturated carbocycles. The molecule has 3 aliphatic rings. The molecule has 5 nitrogen and oxygen atoms in total. The Balaban J connectivity index is 1.37. The second-order valence-corrected chi connectivity index (χ2v) is 7.63. The fraction of sp³-hybridized carbons (Fsp3) is 0.667. The van der Waals surface area contributed by atoms with Gasteiger partial charge in [-0.15, -0.1) is 0 Å². The van der Waals surface area contributed by atoms with Gasteiger partial charge in [-0.25, -0.2) is 9.37 Å². The molecule has 2 aliphatic heterocycles. The quantitative estimate of drug-likeness (QED) is 0.919. The molecular weight excluding hydrogens is 309 g/mol. The van der Waals surface area contributed by atoms with Gasteiger partial charge in [0, 0.05) is 18.5 Å². The molecule has 1 amide bonds. The van der Waals surface area contributed by atoms with Crippen LogP contribution in [0.3, 0.4) is 0 Å². The van der Waals surface area contributed by atoms with E-state index >= 15 is 0 Å². The van der Waals surface area contributed by atoms with Crippen molar-refractivity contribution >= 4 is 11.7 Å². The van der Waals surface area contributed by atoms with E-state index in [1.807, 2.05) is 19.9 Å². The summed E-state index contributed by atoms with van der Waals surface area (Å²) in [6, 6.07) is 1.94. The number of carbonyl (C=O) groups excluding carboxylic acids is 1. The minimum absolute atomic E-state index is 0.0287. The molecular formula is C18H24FN3O2. The van der Waals surface area contributed by atoms with Gasteiger partial charge in [-0.2, -0.15) is 0 Å². The van der Waals surface area contributed by atoms with E-state index in [-0.39, 0.29) is 17.4 Å². The molecule has 1 N–H and O–H groups in total. The number of amides is 1. The number of nitrogens with zero attached hydrogens (tertiary/aromatic N) is 2. The Morgan fingerprint density at radius 3 is 2.83 bits per heavy atom. The molecule has 1 aromatic rings. The maximum absolute atomic E-state index is 13.3. The number of rotatable bonds is 4. The van der Waals surface area contributed by atoms with Gasteiger partial charge in [-0.05, 0) is 37.8 Å². The number of ether oxygens (including phenoxy) is 1. The van der Waals surface area contributed by atoms with Gasteiger partial charge in [0.1, 0.15) is 12.0 Å². The summed E-state index contributed by atoms with van der Waals surface area (Å²) in [4.78, 5) is 18.7. The zero-order valence-corrected chi connectivity index (χ0v) is 14.3. The van der Waals surface area contributed by atoms with E-state index in [9.17, 15) is 9.18 Å². The molecule has 0 aromatic carbocycles. The summed E-state index contributed by atoms with van der Waals surface area (Å²) in [5.74, 6) is 0.945. The van der Waals surface area contributed by atoms with Crippen molar-refractivity contribution in [2.45, 2.75) is 51.9 Å². The molecule has 0 bridgehead atoms. The van der Waals surface area contributed by atoms with Crippen molar-refractivity contribution in [3.63, 3.8) is 0 Å².